The molecule has 1 atom stereocenters. The van der Waals surface area contributed by atoms with Crippen LogP contribution in [-0.4, -0.2) is 37.2 Å². The van der Waals surface area contributed by atoms with E-state index in [1.54, 1.807) is 10.9 Å². The Hall–Kier alpha value is -3.33. The van der Waals surface area contributed by atoms with E-state index in [1.807, 2.05) is 49.8 Å². The number of nitrogens with one attached hydrogen (secondary N) is 2. The first-order valence-electron chi connectivity index (χ1n) is 9.53. The van der Waals surface area contributed by atoms with Crippen LogP contribution in [0.3, 0.4) is 0 Å². The Morgan fingerprint density at radius 1 is 1.27 bits per heavy atom. The van der Waals surface area contributed by atoms with Crippen LogP contribution in [0.5, 0.6) is 0 Å². The fourth-order valence-electron chi connectivity index (χ4n) is 3.71. The summed E-state index contributed by atoms with van der Waals surface area (Å²) < 4.78 is 2.60. The Kier molecular flexibility index (Phi) is 4.66. The highest BCUT2D eigenvalue weighted by atomic mass is 79.9. The van der Waals surface area contributed by atoms with Crippen molar-refractivity contribution in [1.82, 2.24) is 24.7 Å². The van der Waals surface area contributed by atoms with Gasteiger partial charge in [0.1, 0.15) is 5.92 Å². The van der Waals surface area contributed by atoms with Gasteiger partial charge in [-0.25, -0.2) is 4.98 Å². The number of halogens is 1. The first kappa shape index (κ1) is 18.7. The molecule has 30 heavy (non-hydrogen) atoms. The van der Waals surface area contributed by atoms with Crippen LogP contribution in [0.25, 0.3) is 11.0 Å². The number of rotatable bonds is 5. The van der Waals surface area contributed by atoms with Crippen LogP contribution in [0.1, 0.15) is 22.7 Å². The van der Waals surface area contributed by atoms with Gasteiger partial charge in [-0.05, 0) is 41.8 Å². The summed E-state index contributed by atoms with van der Waals surface area (Å²) in [5, 5.41) is 11.4. The lowest BCUT2D eigenvalue weighted by Gasteiger charge is -2.12. The molecular weight excluding hydrogens is 446 g/mol. The van der Waals surface area contributed by atoms with Crippen molar-refractivity contribution in [2.75, 3.05) is 17.2 Å². The zero-order valence-corrected chi connectivity index (χ0v) is 17.7. The Balaban J connectivity index is 1.52. The number of nitrogens with zero attached hydrogens (tertiary/aromatic N) is 5. The summed E-state index contributed by atoms with van der Waals surface area (Å²) in [6.07, 6.45) is 6.23. The minimum atomic E-state index is -0.522. The summed E-state index contributed by atoms with van der Waals surface area (Å²) in [6.45, 7) is 0.641. The largest absolute Gasteiger partial charge is 0.354 e. The number of aromatic nitrogens is 5. The molecule has 0 saturated carbocycles. The average molecular weight is 464 g/mol. The number of fused-ring (bicyclic) bond motifs is 2. The summed E-state index contributed by atoms with van der Waals surface area (Å²) in [7, 11) is 1.83. The lowest BCUT2D eigenvalue weighted by molar-refractivity contribution is -0.116. The van der Waals surface area contributed by atoms with E-state index in [0.29, 0.717) is 23.8 Å². The highest BCUT2D eigenvalue weighted by molar-refractivity contribution is 9.10. The van der Waals surface area contributed by atoms with Gasteiger partial charge in [0.2, 0.25) is 11.9 Å². The average Bonchev–Trinajstić information content (AvgIpc) is 3.26. The smallest absolute Gasteiger partial charge is 0.238 e. The molecule has 8 nitrogen and oxygen atoms in total. The maximum Gasteiger partial charge on any atom is 0.238 e. The van der Waals surface area contributed by atoms with Gasteiger partial charge in [-0.1, -0.05) is 22.0 Å². The van der Waals surface area contributed by atoms with Gasteiger partial charge in [-0.2, -0.15) is 10.1 Å². The van der Waals surface area contributed by atoms with Crippen LogP contribution in [0.15, 0.2) is 53.4 Å². The minimum absolute atomic E-state index is 0.103. The number of hydrogen-bond donors (Lipinski definition) is 2. The number of amides is 1. The maximum atomic E-state index is 12.9. The highest BCUT2D eigenvalue weighted by Crippen LogP contribution is 2.40. The standard InChI is InChI=1S/C21H18BrN7O/c1-29-11-15-18(17-14-9-13(22)4-5-16(14)25-20(17)30)26-21(27-19(15)28-29)24-8-6-12-3-2-7-23-10-12/h2-5,7,9-11,17H,6,8H2,1H3,(H,25,30)(H,24,27,28). The van der Waals surface area contributed by atoms with E-state index in [1.165, 1.54) is 0 Å². The summed E-state index contributed by atoms with van der Waals surface area (Å²) in [5.74, 6) is -0.171. The molecule has 1 amide bonds. The summed E-state index contributed by atoms with van der Waals surface area (Å²) >= 11 is 3.50. The number of carbonyl (C=O) groups excluding carboxylic acids is 1. The van der Waals surface area contributed by atoms with Crippen molar-refractivity contribution in [3.63, 3.8) is 0 Å². The second kappa shape index (κ2) is 7.49. The molecule has 9 heteroatoms. The Labute approximate surface area is 180 Å². The van der Waals surface area contributed by atoms with Gasteiger partial charge in [0.05, 0.1) is 11.1 Å². The molecule has 0 bridgehead atoms. The van der Waals surface area contributed by atoms with Crippen LogP contribution in [0.4, 0.5) is 11.6 Å². The summed E-state index contributed by atoms with van der Waals surface area (Å²) in [4.78, 5) is 26.3. The Bertz CT molecular complexity index is 1260. The van der Waals surface area contributed by atoms with E-state index in [4.69, 9.17) is 4.98 Å². The zero-order valence-electron chi connectivity index (χ0n) is 16.1. The number of aryl methyl sites for hydroxylation is 1. The number of anilines is 2. The van der Waals surface area contributed by atoms with Crippen LogP contribution >= 0.6 is 15.9 Å². The SMILES string of the molecule is Cn1cc2c(C3C(=O)Nc4ccc(Br)cc43)nc(NCCc3cccnc3)nc2n1. The van der Waals surface area contributed by atoms with Crippen molar-refractivity contribution in [2.24, 2.45) is 7.05 Å². The van der Waals surface area contributed by atoms with Crippen LogP contribution in [0.2, 0.25) is 0 Å². The van der Waals surface area contributed by atoms with E-state index in [2.05, 4.69) is 41.6 Å². The third-order valence-corrected chi connectivity index (χ3v) is 5.55. The van der Waals surface area contributed by atoms with E-state index in [0.717, 1.165) is 33.1 Å². The fraction of sp³-hybridized carbons (Fsp3) is 0.190. The minimum Gasteiger partial charge on any atom is -0.354 e. The highest BCUT2D eigenvalue weighted by Gasteiger charge is 2.35. The fourth-order valence-corrected chi connectivity index (χ4v) is 4.09. The Morgan fingerprint density at radius 3 is 3.00 bits per heavy atom. The van der Waals surface area contributed by atoms with Gasteiger partial charge in [-0.3, -0.25) is 14.5 Å². The first-order chi connectivity index (χ1) is 14.6. The molecule has 0 aliphatic carbocycles. The second-order valence-electron chi connectivity index (χ2n) is 7.16. The van der Waals surface area contributed by atoms with Gasteiger partial charge in [0.25, 0.3) is 0 Å². The van der Waals surface area contributed by atoms with Gasteiger partial charge < -0.3 is 10.6 Å². The molecule has 1 aliphatic heterocycles. The van der Waals surface area contributed by atoms with E-state index in [9.17, 15) is 4.79 Å². The zero-order chi connectivity index (χ0) is 20.7. The van der Waals surface area contributed by atoms with Gasteiger partial charge in [0.15, 0.2) is 5.65 Å². The molecule has 2 N–H and O–H groups in total. The molecule has 150 valence electrons. The van der Waals surface area contributed by atoms with Crippen molar-refractivity contribution in [2.45, 2.75) is 12.3 Å². The van der Waals surface area contributed by atoms with Crippen molar-refractivity contribution >= 4 is 44.5 Å². The topological polar surface area (TPSA) is 97.6 Å². The third kappa shape index (κ3) is 3.41. The Morgan fingerprint density at radius 2 is 2.17 bits per heavy atom. The monoisotopic (exact) mass is 463 g/mol. The third-order valence-electron chi connectivity index (χ3n) is 5.06. The lowest BCUT2D eigenvalue weighted by atomic mass is 9.95. The molecule has 5 rings (SSSR count). The predicted octanol–water partition coefficient (Wildman–Crippen LogP) is 3.26. The normalized spacial score (nSPS) is 15.3. The number of pyridine rings is 1. The van der Waals surface area contributed by atoms with Crippen LogP contribution < -0.4 is 10.6 Å². The molecular formula is C21H18BrN7O. The quantitative estimate of drug-likeness (QED) is 0.471. The van der Waals surface area contributed by atoms with E-state index >= 15 is 0 Å². The van der Waals surface area contributed by atoms with Crippen molar-refractivity contribution < 1.29 is 4.79 Å². The predicted molar refractivity (Wildman–Crippen MR) is 117 cm³/mol. The molecule has 0 saturated heterocycles. The molecule has 1 aromatic carbocycles. The first-order valence-corrected chi connectivity index (χ1v) is 10.3. The molecule has 4 heterocycles. The van der Waals surface area contributed by atoms with E-state index in [-0.39, 0.29) is 5.91 Å². The molecule has 0 spiro atoms. The molecule has 1 aliphatic rings. The molecule has 0 fully saturated rings. The molecule has 1 unspecified atom stereocenters. The summed E-state index contributed by atoms with van der Waals surface area (Å²) in [6, 6.07) is 9.70. The maximum absolute atomic E-state index is 12.9. The van der Waals surface area contributed by atoms with Crippen molar-refractivity contribution in [3.8, 4) is 0 Å². The molecule has 4 aromatic rings. The van der Waals surface area contributed by atoms with Gasteiger partial charge in [-0.15, -0.1) is 0 Å². The second-order valence-corrected chi connectivity index (χ2v) is 8.08. The number of hydrogen-bond acceptors (Lipinski definition) is 6. The number of carbonyl (C=O) groups is 1. The van der Waals surface area contributed by atoms with Gasteiger partial charge >= 0.3 is 0 Å². The van der Waals surface area contributed by atoms with Gasteiger partial charge in [0, 0.05) is 42.3 Å². The summed E-state index contributed by atoms with van der Waals surface area (Å²) in [5.41, 5.74) is 4.02. The van der Waals surface area contributed by atoms with Crippen molar-refractivity contribution in [1.29, 1.82) is 0 Å². The lowest BCUT2D eigenvalue weighted by Crippen LogP contribution is -2.17. The van der Waals surface area contributed by atoms with Crippen LogP contribution in [-0.2, 0) is 18.3 Å². The number of benzene rings is 1. The van der Waals surface area contributed by atoms with Crippen LogP contribution in [0, 0.1) is 0 Å². The molecule has 3 aromatic heterocycles. The molecule has 0 radical (unpaired) electrons. The van der Waals surface area contributed by atoms with Crippen molar-refractivity contribution in [3.05, 3.63) is 70.2 Å². The van der Waals surface area contributed by atoms with E-state index < -0.39 is 5.92 Å².